The van der Waals surface area contributed by atoms with Crippen LogP contribution in [0.1, 0.15) is 31.2 Å². The van der Waals surface area contributed by atoms with Crippen LogP contribution in [-0.2, 0) is 14.3 Å². The number of aliphatic carboxylic acids is 1. The van der Waals surface area contributed by atoms with E-state index in [1.165, 1.54) is 0 Å². The predicted octanol–water partition coefficient (Wildman–Crippen LogP) is 2.48. The van der Waals surface area contributed by atoms with Crippen LogP contribution >= 0.6 is 0 Å². The fraction of sp³-hybridized carbons (Fsp3) is 0.444. The number of amides is 1. The first kappa shape index (κ1) is 17.2. The summed E-state index contributed by atoms with van der Waals surface area (Å²) in [6.07, 6.45) is 6.34. The monoisotopic (exact) mass is 317 g/mol. The first-order valence-corrected chi connectivity index (χ1v) is 7.98. The maximum atomic E-state index is 12.0. The summed E-state index contributed by atoms with van der Waals surface area (Å²) < 4.78 is 5.32. The van der Waals surface area contributed by atoms with Crippen molar-refractivity contribution in [1.29, 1.82) is 0 Å². The maximum absolute atomic E-state index is 12.0. The van der Waals surface area contributed by atoms with Gasteiger partial charge in [-0.05, 0) is 24.8 Å². The number of carboxylic acids is 1. The number of hydrogen-bond donors (Lipinski definition) is 2. The highest BCUT2D eigenvalue weighted by Crippen LogP contribution is 2.18. The SMILES string of the molecule is O=C(CC/C=C/c1ccccc1)NC(C(=O)O)C1CCCOC1. The molecule has 1 fully saturated rings. The summed E-state index contributed by atoms with van der Waals surface area (Å²) in [5, 5.41) is 11.9. The predicted molar refractivity (Wildman–Crippen MR) is 87.8 cm³/mol. The molecule has 1 saturated heterocycles. The van der Waals surface area contributed by atoms with Gasteiger partial charge in [-0.2, -0.15) is 0 Å². The second kappa shape index (κ2) is 9.10. The number of carbonyl (C=O) groups excluding carboxylic acids is 1. The van der Waals surface area contributed by atoms with E-state index >= 15 is 0 Å². The standard InChI is InChI=1S/C18H23NO4/c20-16(11-5-4-9-14-7-2-1-3-8-14)19-17(18(21)22)15-10-6-12-23-13-15/h1-4,7-9,15,17H,5-6,10-13H2,(H,19,20)(H,21,22)/b9-4+. The average molecular weight is 317 g/mol. The highest BCUT2D eigenvalue weighted by molar-refractivity contribution is 5.83. The summed E-state index contributed by atoms with van der Waals surface area (Å²) in [4.78, 5) is 23.3. The molecule has 0 bridgehead atoms. The number of rotatable bonds is 7. The normalized spacial score (nSPS) is 19.4. The lowest BCUT2D eigenvalue weighted by atomic mass is 9.93. The van der Waals surface area contributed by atoms with Gasteiger partial charge in [0.2, 0.25) is 5.91 Å². The van der Waals surface area contributed by atoms with E-state index < -0.39 is 12.0 Å². The Hall–Kier alpha value is -2.14. The van der Waals surface area contributed by atoms with Crippen molar-refractivity contribution in [2.75, 3.05) is 13.2 Å². The minimum absolute atomic E-state index is 0.148. The fourth-order valence-electron chi connectivity index (χ4n) is 2.65. The van der Waals surface area contributed by atoms with Crippen molar-refractivity contribution in [3.8, 4) is 0 Å². The number of allylic oxidation sites excluding steroid dienone is 1. The molecule has 1 aromatic carbocycles. The van der Waals surface area contributed by atoms with Gasteiger partial charge in [-0.1, -0.05) is 42.5 Å². The molecule has 1 aliphatic rings. The zero-order valence-electron chi connectivity index (χ0n) is 13.1. The van der Waals surface area contributed by atoms with E-state index in [1.54, 1.807) is 0 Å². The lowest BCUT2D eigenvalue weighted by Gasteiger charge is -2.28. The van der Waals surface area contributed by atoms with Gasteiger partial charge in [-0.15, -0.1) is 0 Å². The molecule has 23 heavy (non-hydrogen) atoms. The smallest absolute Gasteiger partial charge is 0.326 e. The summed E-state index contributed by atoms with van der Waals surface area (Å²) in [6, 6.07) is 8.97. The Morgan fingerprint density at radius 1 is 1.35 bits per heavy atom. The molecule has 2 N–H and O–H groups in total. The lowest BCUT2D eigenvalue weighted by molar-refractivity contribution is -0.145. The Kier molecular flexibility index (Phi) is 6.81. The molecule has 0 aliphatic carbocycles. The van der Waals surface area contributed by atoms with Crippen LogP contribution in [0.4, 0.5) is 0 Å². The Balaban J connectivity index is 1.77. The van der Waals surface area contributed by atoms with Gasteiger partial charge in [0.15, 0.2) is 0 Å². The van der Waals surface area contributed by atoms with E-state index in [0.717, 1.165) is 18.4 Å². The largest absolute Gasteiger partial charge is 0.480 e. The molecule has 0 aromatic heterocycles. The number of nitrogens with one attached hydrogen (secondary N) is 1. The van der Waals surface area contributed by atoms with Gasteiger partial charge in [0.05, 0.1) is 6.61 Å². The molecule has 2 atom stereocenters. The Labute approximate surface area is 136 Å². The molecule has 0 saturated carbocycles. The van der Waals surface area contributed by atoms with Crippen LogP contribution in [0.25, 0.3) is 6.08 Å². The first-order chi connectivity index (χ1) is 11.2. The first-order valence-electron chi connectivity index (χ1n) is 7.98. The Morgan fingerprint density at radius 3 is 2.78 bits per heavy atom. The van der Waals surface area contributed by atoms with Gasteiger partial charge in [-0.3, -0.25) is 4.79 Å². The number of benzene rings is 1. The summed E-state index contributed by atoms with van der Waals surface area (Å²) in [7, 11) is 0. The highest BCUT2D eigenvalue weighted by atomic mass is 16.5. The minimum Gasteiger partial charge on any atom is -0.480 e. The van der Waals surface area contributed by atoms with Crippen LogP contribution in [0, 0.1) is 5.92 Å². The summed E-state index contributed by atoms with van der Waals surface area (Å²) >= 11 is 0. The molecule has 124 valence electrons. The molecule has 5 heteroatoms. The second-order valence-electron chi connectivity index (χ2n) is 5.71. The van der Waals surface area contributed by atoms with E-state index in [4.69, 9.17) is 4.74 Å². The van der Waals surface area contributed by atoms with Crippen molar-refractivity contribution in [2.45, 2.75) is 31.7 Å². The van der Waals surface area contributed by atoms with E-state index in [2.05, 4.69) is 5.32 Å². The quantitative estimate of drug-likeness (QED) is 0.810. The average Bonchev–Trinajstić information content (AvgIpc) is 2.58. The third kappa shape index (κ3) is 5.87. The van der Waals surface area contributed by atoms with E-state index in [-0.39, 0.29) is 18.2 Å². The second-order valence-corrected chi connectivity index (χ2v) is 5.71. The third-order valence-electron chi connectivity index (χ3n) is 3.90. The van der Waals surface area contributed by atoms with Crippen molar-refractivity contribution >= 4 is 18.0 Å². The van der Waals surface area contributed by atoms with Gasteiger partial charge >= 0.3 is 5.97 Å². The molecule has 1 aliphatic heterocycles. The minimum atomic E-state index is -0.992. The van der Waals surface area contributed by atoms with Crippen molar-refractivity contribution in [1.82, 2.24) is 5.32 Å². The molecule has 2 rings (SSSR count). The topological polar surface area (TPSA) is 75.6 Å². The van der Waals surface area contributed by atoms with Gasteiger partial charge in [0.1, 0.15) is 6.04 Å². The van der Waals surface area contributed by atoms with Crippen molar-refractivity contribution in [2.24, 2.45) is 5.92 Å². The molecule has 1 aromatic rings. The van der Waals surface area contributed by atoms with Gasteiger partial charge in [-0.25, -0.2) is 4.79 Å². The molecule has 1 amide bonds. The van der Waals surface area contributed by atoms with E-state index in [9.17, 15) is 14.7 Å². The molecular weight excluding hydrogens is 294 g/mol. The zero-order chi connectivity index (χ0) is 16.5. The van der Waals surface area contributed by atoms with Crippen molar-refractivity contribution < 1.29 is 19.4 Å². The molecule has 0 spiro atoms. The maximum Gasteiger partial charge on any atom is 0.326 e. The van der Waals surface area contributed by atoms with Crippen LogP contribution in [0.2, 0.25) is 0 Å². The van der Waals surface area contributed by atoms with Gasteiger partial charge in [0, 0.05) is 18.9 Å². The molecule has 0 radical (unpaired) electrons. The fourth-order valence-corrected chi connectivity index (χ4v) is 2.65. The molecule has 5 nitrogen and oxygen atoms in total. The molecular formula is C18H23NO4. The van der Waals surface area contributed by atoms with Crippen LogP contribution in [0.3, 0.4) is 0 Å². The molecule has 2 unspecified atom stereocenters. The van der Waals surface area contributed by atoms with Gasteiger partial charge in [0.25, 0.3) is 0 Å². The van der Waals surface area contributed by atoms with E-state index in [0.29, 0.717) is 19.6 Å². The summed E-state index contributed by atoms with van der Waals surface area (Å²) in [6.45, 7) is 1.06. The lowest BCUT2D eigenvalue weighted by Crippen LogP contribution is -2.48. The summed E-state index contributed by atoms with van der Waals surface area (Å²) in [5.41, 5.74) is 1.08. The van der Waals surface area contributed by atoms with Crippen molar-refractivity contribution in [3.05, 3.63) is 42.0 Å². The number of ether oxygens (including phenoxy) is 1. The number of carboxylic acid groups (broad SMARTS) is 1. The van der Waals surface area contributed by atoms with Crippen LogP contribution in [-0.4, -0.2) is 36.2 Å². The zero-order valence-corrected chi connectivity index (χ0v) is 13.1. The van der Waals surface area contributed by atoms with Gasteiger partial charge < -0.3 is 15.2 Å². The summed E-state index contributed by atoms with van der Waals surface area (Å²) in [5.74, 6) is -1.38. The highest BCUT2D eigenvalue weighted by Gasteiger charge is 2.30. The van der Waals surface area contributed by atoms with Crippen molar-refractivity contribution in [3.63, 3.8) is 0 Å². The third-order valence-corrected chi connectivity index (χ3v) is 3.90. The van der Waals surface area contributed by atoms with Crippen LogP contribution in [0.5, 0.6) is 0 Å². The number of carbonyl (C=O) groups is 2. The Bertz CT molecular complexity index is 535. The van der Waals surface area contributed by atoms with Crippen LogP contribution < -0.4 is 5.32 Å². The van der Waals surface area contributed by atoms with E-state index in [1.807, 2.05) is 42.5 Å². The molecule has 1 heterocycles. The number of hydrogen-bond acceptors (Lipinski definition) is 3. The van der Waals surface area contributed by atoms with Crippen LogP contribution in [0.15, 0.2) is 36.4 Å². The Morgan fingerprint density at radius 2 is 2.13 bits per heavy atom.